The Morgan fingerprint density at radius 3 is 2.67 bits per heavy atom. The topological polar surface area (TPSA) is 43.8 Å². The van der Waals surface area contributed by atoms with Gasteiger partial charge in [0.15, 0.2) is 0 Å². The Morgan fingerprint density at radius 2 is 2.06 bits per heavy atom. The summed E-state index contributed by atoms with van der Waals surface area (Å²) < 4.78 is 2.18. The van der Waals surface area contributed by atoms with Crippen molar-refractivity contribution in [3.8, 4) is 0 Å². The maximum atomic E-state index is 5.69. The van der Waals surface area contributed by atoms with Crippen LogP contribution >= 0.6 is 0 Å². The number of aryl methyl sites for hydroxylation is 2. The van der Waals surface area contributed by atoms with Gasteiger partial charge >= 0.3 is 0 Å². The fraction of sp³-hybridized carbons (Fsp3) is 0.533. The Morgan fingerprint density at radius 1 is 1.33 bits per heavy atom. The molecule has 0 aliphatic heterocycles. The number of rotatable bonds is 4. The molecule has 0 saturated carbocycles. The zero-order chi connectivity index (χ0) is 13.3. The van der Waals surface area contributed by atoms with Gasteiger partial charge in [-0.25, -0.2) is 4.98 Å². The molecule has 0 fully saturated rings. The van der Waals surface area contributed by atoms with Gasteiger partial charge in [0.2, 0.25) is 0 Å². The van der Waals surface area contributed by atoms with Gasteiger partial charge in [0.1, 0.15) is 5.82 Å². The predicted molar refractivity (Wildman–Crippen MR) is 76.8 cm³/mol. The number of fused-ring (bicyclic) bond motifs is 1. The van der Waals surface area contributed by atoms with E-state index >= 15 is 0 Å². The fourth-order valence-electron chi connectivity index (χ4n) is 2.49. The summed E-state index contributed by atoms with van der Waals surface area (Å²) in [5, 5.41) is 0. The molecule has 0 bridgehead atoms. The third-order valence-corrected chi connectivity index (χ3v) is 3.84. The van der Waals surface area contributed by atoms with Crippen molar-refractivity contribution in [3.05, 3.63) is 29.6 Å². The molecule has 2 aromatic rings. The fourth-order valence-corrected chi connectivity index (χ4v) is 2.49. The molecule has 0 saturated heterocycles. The van der Waals surface area contributed by atoms with E-state index in [2.05, 4.69) is 50.6 Å². The van der Waals surface area contributed by atoms with Gasteiger partial charge in [0.05, 0.1) is 11.0 Å². The second kappa shape index (κ2) is 4.73. The summed E-state index contributed by atoms with van der Waals surface area (Å²) >= 11 is 0. The van der Waals surface area contributed by atoms with Gasteiger partial charge in [-0.2, -0.15) is 0 Å². The second-order valence-corrected chi connectivity index (χ2v) is 5.57. The number of benzene rings is 1. The van der Waals surface area contributed by atoms with Gasteiger partial charge in [-0.1, -0.05) is 26.8 Å². The molecule has 2 N–H and O–H groups in total. The molecule has 0 spiro atoms. The number of nitrogens with two attached hydrogens (primary N) is 1. The summed E-state index contributed by atoms with van der Waals surface area (Å²) in [6.07, 6.45) is 1.96. The molecule has 0 aliphatic carbocycles. The van der Waals surface area contributed by atoms with Crippen LogP contribution in [-0.2, 0) is 18.9 Å². The Hall–Kier alpha value is -1.35. The van der Waals surface area contributed by atoms with Crippen LogP contribution in [0.15, 0.2) is 18.2 Å². The van der Waals surface area contributed by atoms with Crippen molar-refractivity contribution in [2.45, 2.75) is 39.0 Å². The van der Waals surface area contributed by atoms with Crippen molar-refractivity contribution in [1.82, 2.24) is 9.55 Å². The summed E-state index contributed by atoms with van der Waals surface area (Å²) in [7, 11) is 2.08. The number of nitrogens with zero attached hydrogens (tertiary/aromatic N) is 2. The summed E-state index contributed by atoms with van der Waals surface area (Å²) in [6, 6.07) is 6.60. The minimum Gasteiger partial charge on any atom is -0.331 e. The van der Waals surface area contributed by atoms with Crippen LogP contribution in [0.5, 0.6) is 0 Å². The van der Waals surface area contributed by atoms with E-state index < -0.39 is 0 Å². The monoisotopic (exact) mass is 245 g/mol. The number of hydrogen-bond donors (Lipinski definition) is 1. The first kappa shape index (κ1) is 13.1. The van der Waals surface area contributed by atoms with E-state index in [1.165, 1.54) is 11.1 Å². The Bertz CT molecular complexity index is 552. The Balaban J connectivity index is 2.51. The number of hydrogen-bond acceptors (Lipinski definition) is 2. The lowest BCUT2D eigenvalue weighted by Crippen LogP contribution is -2.21. The lowest BCUT2D eigenvalue weighted by atomic mass is 9.81. The smallest absolute Gasteiger partial charge is 0.109 e. The van der Waals surface area contributed by atoms with E-state index in [0.717, 1.165) is 24.2 Å². The van der Waals surface area contributed by atoms with Crippen molar-refractivity contribution < 1.29 is 0 Å². The molecule has 2 rings (SSSR count). The van der Waals surface area contributed by atoms with E-state index in [0.29, 0.717) is 6.54 Å². The lowest BCUT2D eigenvalue weighted by molar-refractivity contribution is 0.488. The molecule has 0 atom stereocenters. The first-order valence-corrected chi connectivity index (χ1v) is 6.65. The predicted octanol–water partition coefficient (Wildman–Crippen LogP) is 2.76. The molecule has 0 aliphatic rings. The molecule has 1 heterocycles. The molecule has 0 radical (unpaired) electrons. The number of imidazole rings is 1. The maximum Gasteiger partial charge on any atom is 0.109 e. The van der Waals surface area contributed by atoms with Crippen LogP contribution in [0, 0.1) is 0 Å². The summed E-state index contributed by atoms with van der Waals surface area (Å²) in [4.78, 5) is 4.70. The molecule has 0 unspecified atom stereocenters. The molecule has 98 valence electrons. The molecule has 0 amide bonds. The van der Waals surface area contributed by atoms with Crippen LogP contribution in [0.25, 0.3) is 11.0 Å². The molecule has 1 aromatic heterocycles. The first-order chi connectivity index (χ1) is 8.49. The third-order valence-electron chi connectivity index (χ3n) is 3.84. The zero-order valence-electron chi connectivity index (χ0n) is 11.8. The highest BCUT2D eigenvalue weighted by atomic mass is 15.1. The average Bonchev–Trinajstić information content (AvgIpc) is 2.65. The summed E-state index contributed by atoms with van der Waals surface area (Å²) in [5.41, 5.74) is 9.44. The number of aromatic nitrogens is 2. The molecule has 3 heteroatoms. The Labute approximate surface area is 109 Å². The van der Waals surface area contributed by atoms with Gasteiger partial charge in [0.25, 0.3) is 0 Å². The first-order valence-electron chi connectivity index (χ1n) is 6.65. The van der Waals surface area contributed by atoms with Crippen LogP contribution in [0.4, 0.5) is 0 Å². The van der Waals surface area contributed by atoms with Crippen LogP contribution in [-0.4, -0.2) is 16.1 Å². The molecule has 18 heavy (non-hydrogen) atoms. The summed E-state index contributed by atoms with van der Waals surface area (Å²) in [6.45, 7) is 7.34. The van der Waals surface area contributed by atoms with E-state index in [1.807, 2.05) is 0 Å². The molecule has 3 nitrogen and oxygen atoms in total. The highest BCUT2D eigenvalue weighted by molar-refractivity contribution is 5.77. The second-order valence-electron chi connectivity index (χ2n) is 5.57. The van der Waals surface area contributed by atoms with E-state index in [4.69, 9.17) is 10.7 Å². The van der Waals surface area contributed by atoms with Crippen molar-refractivity contribution in [1.29, 1.82) is 0 Å². The van der Waals surface area contributed by atoms with Crippen molar-refractivity contribution in [2.24, 2.45) is 12.8 Å². The van der Waals surface area contributed by atoms with Gasteiger partial charge in [-0.15, -0.1) is 0 Å². The van der Waals surface area contributed by atoms with E-state index in [1.54, 1.807) is 0 Å². The van der Waals surface area contributed by atoms with E-state index in [9.17, 15) is 0 Å². The van der Waals surface area contributed by atoms with Gasteiger partial charge in [0, 0.05) is 13.5 Å². The quantitative estimate of drug-likeness (QED) is 0.900. The third kappa shape index (κ3) is 2.15. The zero-order valence-corrected chi connectivity index (χ0v) is 11.8. The van der Waals surface area contributed by atoms with Crippen LogP contribution < -0.4 is 5.73 Å². The van der Waals surface area contributed by atoms with Gasteiger partial charge < -0.3 is 10.3 Å². The standard InChI is InChI=1S/C15H23N3/c1-5-14-17-12-10-11(15(2,3)8-9-16)6-7-13(12)18(14)4/h6-7,10H,5,8-9,16H2,1-4H3. The minimum absolute atomic E-state index is 0.118. The van der Waals surface area contributed by atoms with Crippen molar-refractivity contribution in [3.63, 3.8) is 0 Å². The molecular weight excluding hydrogens is 222 g/mol. The highest BCUT2D eigenvalue weighted by Crippen LogP contribution is 2.29. The van der Waals surface area contributed by atoms with E-state index in [-0.39, 0.29) is 5.41 Å². The average molecular weight is 245 g/mol. The van der Waals surface area contributed by atoms with Gasteiger partial charge in [-0.05, 0) is 36.1 Å². The summed E-state index contributed by atoms with van der Waals surface area (Å²) in [5.74, 6) is 1.14. The minimum atomic E-state index is 0.118. The molecular formula is C15H23N3. The van der Waals surface area contributed by atoms with Crippen LogP contribution in [0.3, 0.4) is 0 Å². The largest absolute Gasteiger partial charge is 0.331 e. The van der Waals surface area contributed by atoms with Crippen molar-refractivity contribution in [2.75, 3.05) is 6.54 Å². The highest BCUT2D eigenvalue weighted by Gasteiger charge is 2.20. The maximum absolute atomic E-state index is 5.69. The van der Waals surface area contributed by atoms with Crippen LogP contribution in [0.2, 0.25) is 0 Å². The Kier molecular flexibility index (Phi) is 3.44. The lowest BCUT2D eigenvalue weighted by Gasteiger charge is -2.24. The normalized spacial score (nSPS) is 12.3. The van der Waals surface area contributed by atoms with Crippen LogP contribution in [0.1, 0.15) is 38.6 Å². The molecule has 1 aromatic carbocycles. The van der Waals surface area contributed by atoms with Crippen molar-refractivity contribution >= 4 is 11.0 Å². The SMILES string of the molecule is CCc1nc2cc(C(C)(C)CCN)ccc2n1C. The van der Waals surface area contributed by atoms with Gasteiger partial charge in [-0.3, -0.25) is 0 Å².